The van der Waals surface area contributed by atoms with E-state index in [1.807, 2.05) is 12.1 Å². The van der Waals surface area contributed by atoms with Crippen molar-refractivity contribution in [3.05, 3.63) is 35.4 Å². The lowest BCUT2D eigenvalue weighted by Gasteiger charge is -2.26. The number of nitrogens with two attached hydrogens (primary N) is 1. The highest BCUT2D eigenvalue weighted by molar-refractivity contribution is 5.80. The van der Waals surface area contributed by atoms with Crippen LogP contribution >= 0.6 is 0 Å². The van der Waals surface area contributed by atoms with Gasteiger partial charge in [0.15, 0.2) is 0 Å². The normalized spacial score (nSPS) is 14.6. The molecule has 0 fully saturated rings. The van der Waals surface area contributed by atoms with Gasteiger partial charge in [-0.2, -0.15) is 0 Å². The third-order valence-corrected chi connectivity index (χ3v) is 3.37. The van der Waals surface area contributed by atoms with E-state index < -0.39 is 0 Å². The molecule has 86 valence electrons. The topological polar surface area (TPSA) is 35.2 Å². The highest BCUT2D eigenvalue weighted by Gasteiger charge is 2.29. The van der Waals surface area contributed by atoms with Gasteiger partial charge in [0.2, 0.25) is 0 Å². The Morgan fingerprint density at radius 1 is 1.38 bits per heavy atom. The fraction of sp³-hybridized carbons (Fsp3) is 0.429. The van der Waals surface area contributed by atoms with Crippen LogP contribution in [0, 0.1) is 5.41 Å². The summed E-state index contributed by atoms with van der Waals surface area (Å²) in [6, 6.07) is 6.22. The standard InChI is InChI=1S/C14H19NO/c1-14(2,9-15)11-8-7-10-5-4-6-12(16-3)13(10)11/h4-6,8H,7,9,15H2,1-3H3. The number of allylic oxidation sites excluding steroid dienone is 1. The quantitative estimate of drug-likeness (QED) is 0.844. The van der Waals surface area contributed by atoms with Gasteiger partial charge in [0, 0.05) is 17.5 Å². The number of rotatable bonds is 3. The van der Waals surface area contributed by atoms with E-state index in [-0.39, 0.29) is 5.41 Å². The number of hydrogen-bond donors (Lipinski definition) is 1. The molecule has 2 nitrogen and oxygen atoms in total. The minimum absolute atomic E-state index is 0.0138. The zero-order valence-corrected chi connectivity index (χ0v) is 10.2. The molecule has 2 N–H and O–H groups in total. The van der Waals surface area contributed by atoms with Crippen molar-refractivity contribution in [1.29, 1.82) is 0 Å². The van der Waals surface area contributed by atoms with E-state index in [2.05, 4.69) is 26.0 Å². The molecule has 1 aromatic rings. The first-order chi connectivity index (χ1) is 7.60. The fourth-order valence-corrected chi connectivity index (χ4v) is 2.26. The van der Waals surface area contributed by atoms with Crippen LogP contribution in [0.1, 0.15) is 25.0 Å². The van der Waals surface area contributed by atoms with E-state index in [1.165, 1.54) is 16.7 Å². The molecule has 0 saturated heterocycles. The van der Waals surface area contributed by atoms with E-state index in [0.29, 0.717) is 6.54 Å². The molecular formula is C14H19NO. The Bertz CT molecular complexity index is 432. The predicted molar refractivity (Wildman–Crippen MR) is 67.5 cm³/mol. The smallest absolute Gasteiger partial charge is 0.126 e. The van der Waals surface area contributed by atoms with Crippen molar-refractivity contribution in [2.24, 2.45) is 11.1 Å². The van der Waals surface area contributed by atoms with Crippen molar-refractivity contribution in [3.8, 4) is 5.75 Å². The molecular weight excluding hydrogens is 198 g/mol. The molecule has 0 aliphatic heterocycles. The molecule has 2 heteroatoms. The van der Waals surface area contributed by atoms with E-state index in [9.17, 15) is 0 Å². The van der Waals surface area contributed by atoms with Crippen LogP contribution in [0.5, 0.6) is 5.75 Å². The molecule has 0 radical (unpaired) electrons. The zero-order chi connectivity index (χ0) is 11.8. The van der Waals surface area contributed by atoms with Crippen molar-refractivity contribution in [1.82, 2.24) is 0 Å². The maximum atomic E-state index is 5.85. The van der Waals surface area contributed by atoms with Crippen molar-refractivity contribution >= 4 is 5.57 Å². The maximum Gasteiger partial charge on any atom is 0.126 e. The molecule has 0 bridgehead atoms. The summed E-state index contributed by atoms with van der Waals surface area (Å²) >= 11 is 0. The molecule has 1 aliphatic rings. The van der Waals surface area contributed by atoms with Crippen LogP contribution in [0.15, 0.2) is 24.3 Å². The van der Waals surface area contributed by atoms with Gasteiger partial charge in [-0.25, -0.2) is 0 Å². The molecule has 16 heavy (non-hydrogen) atoms. The monoisotopic (exact) mass is 217 g/mol. The third kappa shape index (κ3) is 1.63. The Morgan fingerprint density at radius 2 is 2.12 bits per heavy atom. The Kier molecular flexibility index (Phi) is 2.76. The summed E-state index contributed by atoms with van der Waals surface area (Å²) in [5, 5.41) is 0. The second kappa shape index (κ2) is 3.95. The lowest BCUT2D eigenvalue weighted by atomic mass is 9.81. The molecule has 1 aliphatic carbocycles. The molecule has 0 saturated carbocycles. The van der Waals surface area contributed by atoms with Crippen LogP contribution in [0.25, 0.3) is 5.57 Å². The lowest BCUT2D eigenvalue weighted by Crippen LogP contribution is -2.24. The van der Waals surface area contributed by atoms with Gasteiger partial charge in [0.1, 0.15) is 5.75 Å². The summed E-state index contributed by atoms with van der Waals surface area (Å²) in [6.45, 7) is 5.01. The molecule has 1 aromatic carbocycles. The molecule has 2 rings (SSSR count). The predicted octanol–water partition coefficient (Wildman–Crippen LogP) is 2.62. The fourth-order valence-electron chi connectivity index (χ4n) is 2.26. The van der Waals surface area contributed by atoms with Crippen LogP contribution in [0.3, 0.4) is 0 Å². The van der Waals surface area contributed by atoms with Crippen LogP contribution < -0.4 is 10.5 Å². The first kappa shape index (κ1) is 11.2. The van der Waals surface area contributed by atoms with Gasteiger partial charge < -0.3 is 10.5 Å². The highest BCUT2D eigenvalue weighted by atomic mass is 16.5. The summed E-state index contributed by atoms with van der Waals surface area (Å²) in [7, 11) is 1.72. The van der Waals surface area contributed by atoms with E-state index in [4.69, 9.17) is 10.5 Å². The van der Waals surface area contributed by atoms with Crippen molar-refractivity contribution < 1.29 is 4.74 Å². The van der Waals surface area contributed by atoms with Crippen molar-refractivity contribution in [2.45, 2.75) is 20.3 Å². The van der Waals surface area contributed by atoms with E-state index in [0.717, 1.165) is 12.2 Å². The summed E-state index contributed by atoms with van der Waals surface area (Å²) in [4.78, 5) is 0. The largest absolute Gasteiger partial charge is 0.496 e. The highest BCUT2D eigenvalue weighted by Crippen LogP contribution is 2.44. The molecule has 0 amide bonds. The molecule has 0 aromatic heterocycles. The van der Waals surface area contributed by atoms with Gasteiger partial charge >= 0.3 is 0 Å². The van der Waals surface area contributed by atoms with E-state index in [1.54, 1.807) is 7.11 Å². The summed E-state index contributed by atoms with van der Waals surface area (Å²) in [6.07, 6.45) is 3.27. The second-order valence-electron chi connectivity index (χ2n) is 4.90. The third-order valence-electron chi connectivity index (χ3n) is 3.37. The first-order valence-electron chi connectivity index (χ1n) is 5.67. The zero-order valence-electron chi connectivity index (χ0n) is 10.2. The minimum Gasteiger partial charge on any atom is -0.496 e. The van der Waals surface area contributed by atoms with Gasteiger partial charge in [-0.05, 0) is 23.6 Å². The Labute approximate surface area is 97.1 Å². The average Bonchev–Trinajstić information content (AvgIpc) is 2.73. The van der Waals surface area contributed by atoms with E-state index >= 15 is 0 Å². The minimum atomic E-state index is 0.0138. The number of fused-ring (bicyclic) bond motifs is 1. The van der Waals surface area contributed by atoms with Crippen LogP contribution in [-0.4, -0.2) is 13.7 Å². The molecule has 0 atom stereocenters. The molecule has 0 spiro atoms. The average molecular weight is 217 g/mol. The van der Waals surface area contributed by atoms with Gasteiger partial charge in [0.05, 0.1) is 7.11 Å². The second-order valence-corrected chi connectivity index (χ2v) is 4.90. The maximum absolute atomic E-state index is 5.85. The SMILES string of the molecule is COc1cccc2c1C(C(C)(C)CN)=CC2. The number of methoxy groups -OCH3 is 1. The summed E-state index contributed by atoms with van der Waals surface area (Å²) < 4.78 is 5.45. The first-order valence-corrected chi connectivity index (χ1v) is 5.67. The number of benzene rings is 1. The van der Waals surface area contributed by atoms with Crippen LogP contribution in [0.2, 0.25) is 0 Å². The lowest BCUT2D eigenvalue weighted by molar-refractivity contribution is 0.411. The van der Waals surface area contributed by atoms with Crippen molar-refractivity contribution in [2.75, 3.05) is 13.7 Å². The number of ether oxygens (including phenoxy) is 1. The summed E-state index contributed by atoms with van der Waals surface area (Å²) in [5.74, 6) is 0.961. The van der Waals surface area contributed by atoms with Crippen LogP contribution in [0.4, 0.5) is 0 Å². The molecule has 0 unspecified atom stereocenters. The van der Waals surface area contributed by atoms with Crippen molar-refractivity contribution in [3.63, 3.8) is 0 Å². The Hall–Kier alpha value is -1.28. The van der Waals surface area contributed by atoms with Gasteiger partial charge in [-0.15, -0.1) is 0 Å². The number of hydrogen-bond acceptors (Lipinski definition) is 2. The van der Waals surface area contributed by atoms with Crippen LogP contribution in [-0.2, 0) is 6.42 Å². The molecule has 0 heterocycles. The van der Waals surface area contributed by atoms with Gasteiger partial charge in [-0.3, -0.25) is 0 Å². The Balaban J connectivity index is 2.52. The summed E-state index contributed by atoms with van der Waals surface area (Å²) in [5.41, 5.74) is 9.78. The van der Waals surface area contributed by atoms with Gasteiger partial charge in [0.25, 0.3) is 0 Å². The Morgan fingerprint density at radius 3 is 2.75 bits per heavy atom. The van der Waals surface area contributed by atoms with Gasteiger partial charge in [-0.1, -0.05) is 32.1 Å².